The van der Waals surface area contributed by atoms with Crippen LogP contribution in [0, 0.1) is 0 Å². The number of hydrogen-bond acceptors (Lipinski definition) is 5. The summed E-state index contributed by atoms with van der Waals surface area (Å²) >= 11 is 1.76. The number of anilines is 1. The molecule has 160 valence electrons. The number of nitrogens with zero attached hydrogens (tertiary/aromatic N) is 2. The normalized spacial score (nSPS) is 22.9. The molecule has 0 aromatic heterocycles. The fourth-order valence-electron chi connectivity index (χ4n) is 3.94. The Balaban J connectivity index is 1.57. The molecule has 30 heavy (non-hydrogen) atoms. The molecule has 2 aromatic rings. The van der Waals surface area contributed by atoms with Crippen molar-refractivity contribution < 1.29 is 17.9 Å². The molecule has 0 N–H and O–H groups in total. The summed E-state index contributed by atoms with van der Waals surface area (Å²) in [7, 11) is -3.62. The van der Waals surface area contributed by atoms with Crippen LogP contribution in [-0.2, 0) is 14.8 Å². The van der Waals surface area contributed by atoms with E-state index in [-0.39, 0.29) is 23.0 Å². The quantitative estimate of drug-likeness (QED) is 0.720. The van der Waals surface area contributed by atoms with Gasteiger partial charge < -0.3 is 9.64 Å². The van der Waals surface area contributed by atoms with Gasteiger partial charge in [-0.3, -0.25) is 4.79 Å². The lowest BCUT2D eigenvalue weighted by atomic mass is 10.1. The number of carbonyl (C=O) groups excluding carboxylic acids is 1. The van der Waals surface area contributed by atoms with Crippen molar-refractivity contribution in [2.45, 2.75) is 42.3 Å². The summed E-state index contributed by atoms with van der Waals surface area (Å²) in [5, 5.41) is 0. The number of sulfonamides is 1. The van der Waals surface area contributed by atoms with Crippen LogP contribution in [0.4, 0.5) is 5.69 Å². The molecule has 2 aromatic carbocycles. The molecule has 0 saturated carbocycles. The van der Waals surface area contributed by atoms with Gasteiger partial charge in [0.2, 0.25) is 10.0 Å². The van der Waals surface area contributed by atoms with Crippen molar-refractivity contribution in [3.8, 4) is 0 Å². The van der Waals surface area contributed by atoms with Crippen LogP contribution in [0.1, 0.15) is 30.6 Å². The minimum absolute atomic E-state index is 0.109. The molecule has 2 aliphatic rings. The highest BCUT2D eigenvalue weighted by Gasteiger charge is 2.32. The van der Waals surface area contributed by atoms with Gasteiger partial charge in [-0.25, -0.2) is 8.42 Å². The summed E-state index contributed by atoms with van der Waals surface area (Å²) in [6, 6.07) is 14.2. The fourth-order valence-corrected chi connectivity index (χ4v) is 6.52. The molecule has 4 rings (SSSR count). The van der Waals surface area contributed by atoms with E-state index in [1.54, 1.807) is 28.8 Å². The molecule has 0 unspecified atom stereocenters. The van der Waals surface area contributed by atoms with Crippen LogP contribution < -0.4 is 4.90 Å². The molecule has 2 atom stereocenters. The average Bonchev–Trinajstić information content (AvgIpc) is 2.95. The van der Waals surface area contributed by atoms with Crippen molar-refractivity contribution in [1.82, 2.24) is 4.31 Å². The summed E-state index contributed by atoms with van der Waals surface area (Å²) in [5.74, 6) is 0.858. The summed E-state index contributed by atoms with van der Waals surface area (Å²) in [4.78, 5) is 16.3. The van der Waals surface area contributed by atoms with E-state index in [2.05, 4.69) is 0 Å². The van der Waals surface area contributed by atoms with Crippen LogP contribution in [0.3, 0.4) is 0 Å². The van der Waals surface area contributed by atoms with Crippen LogP contribution in [0.15, 0.2) is 58.3 Å². The smallest absolute Gasteiger partial charge is 0.258 e. The first-order chi connectivity index (χ1) is 14.4. The lowest BCUT2D eigenvalue weighted by molar-refractivity contribution is -0.0440. The van der Waals surface area contributed by atoms with Crippen molar-refractivity contribution in [3.63, 3.8) is 0 Å². The van der Waals surface area contributed by atoms with Crippen LogP contribution in [0.2, 0.25) is 0 Å². The molecule has 0 bridgehead atoms. The predicted molar refractivity (Wildman–Crippen MR) is 119 cm³/mol. The van der Waals surface area contributed by atoms with E-state index in [1.807, 2.05) is 38.1 Å². The molecule has 0 radical (unpaired) electrons. The zero-order valence-corrected chi connectivity index (χ0v) is 18.8. The molecule has 1 amide bonds. The number of para-hydroxylation sites is 1. The van der Waals surface area contributed by atoms with Crippen molar-refractivity contribution in [1.29, 1.82) is 0 Å². The van der Waals surface area contributed by atoms with Gasteiger partial charge in [0.25, 0.3) is 5.91 Å². The topological polar surface area (TPSA) is 66.9 Å². The number of thioether (sulfide) groups is 1. The second-order valence-electron chi connectivity index (χ2n) is 7.73. The number of amides is 1. The summed E-state index contributed by atoms with van der Waals surface area (Å²) in [6.45, 7) is 5.05. The van der Waals surface area contributed by atoms with Gasteiger partial charge in [0.05, 0.1) is 22.8 Å². The minimum atomic E-state index is -3.62. The van der Waals surface area contributed by atoms with Crippen LogP contribution in [0.25, 0.3) is 0 Å². The molecular formula is C22H26N2O4S2. The highest BCUT2D eigenvalue weighted by molar-refractivity contribution is 7.99. The molecular weight excluding hydrogens is 420 g/mol. The number of morpholine rings is 1. The van der Waals surface area contributed by atoms with E-state index in [0.717, 1.165) is 22.8 Å². The molecule has 2 heterocycles. The standard InChI is InChI=1S/C22H26N2O4S2/c1-16-14-23(15-17(2)28-16)30(26,27)19-10-8-18(9-11-19)22(25)24-12-5-13-29-21-7-4-3-6-20(21)24/h3-4,6-11,16-17H,5,12-15H2,1-2H3/t16-,17+. The maximum absolute atomic E-state index is 13.2. The highest BCUT2D eigenvalue weighted by atomic mass is 32.2. The number of ether oxygens (including phenoxy) is 1. The van der Waals surface area contributed by atoms with E-state index in [9.17, 15) is 13.2 Å². The first-order valence-electron chi connectivity index (χ1n) is 10.2. The van der Waals surface area contributed by atoms with E-state index in [1.165, 1.54) is 16.4 Å². The number of hydrogen-bond donors (Lipinski definition) is 0. The first kappa shape index (κ1) is 21.4. The van der Waals surface area contributed by atoms with Gasteiger partial charge in [0.1, 0.15) is 0 Å². The van der Waals surface area contributed by atoms with E-state index < -0.39 is 10.0 Å². The number of carbonyl (C=O) groups is 1. The third kappa shape index (κ3) is 4.27. The second kappa shape index (κ2) is 8.70. The Morgan fingerprint density at radius 2 is 1.70 bits per heavy atom. The third-order valence-electron chi connectivity index (χ3n) is 5.31. The fraction of sp³-hybridized carbons (Fsp3) is 0.409. The zero-order chi connectivity index (χ0) is 21.3. The molecule has 8 heteroatoms. The lowest BCUT2D eigenvalue weighted by Gasteiger charge is -2.34. The van der Waals surface area contributed by atoms with E-state index in [4.69, 9.17) is 4.74 Å². The van der Waals surface area contributed by atoms with Gasteiger partial charge in [0.15, 0.2) is 0 Å². The van der Waals surface area contributed by atoms with Gasteiger partial charge in [-0.05, 0) is 62.4 Å². The Bertz CT molecular complexity index is 1010. The van der Waals surface area contributed by atoms with Gasteiger partial charge in [-0.15, -0.1) is 11.8 Å². The summed E-state index contributed by atoms with van der Waals surface area (Å²) < 4.78 is 33.2. The Morgan fingerprint density at radius 3 is 2.40 bits per heavy atom. The predicted octanol–water partition coefficient (Wildman–Crippen LogP) is 3.63. The van der Waals surface area contributed by atoms with Crippen molar-refractivity contribution >= 4 is 33.4 Å². The number of fused-ring (bicyclic) bond motifs is 1. The monoisotopic (exact) mass is 446 g/mol. The largest absolute Gasteiger partial charge is 0.373 e. The van der Waals surface area contributed by atoms with Crippen LogP contribution in [0.5, 0.6) is 0 Å². The summed E-state index contributed by atoms with van der Waals surface area (Å²) in [5.41, 5.74) is 1.40. The number of rotatable bonds is 3. The maximum Gasteiger partial charge on any atom is 0.258 e. The Kier molecular flexibility index (Phi) is 6.20. The molecule has 0 spiro atoms. The zero-order valence-electron chi connectivity index (χ0n) is 17.2. The molecule has 0 aliphatic carbocycles. The Hall–Kier alpha value is -1.87. The minimum Gasteiger partial charge on any atom is -0.373 e. The Morgan fingerprint density at radius 1 is 1.03 bits per heavy atom. The van der Waals surface area contributed by atoms with Crippen molar-refractivity contribution in [3.05, 3.63) is 54.1 Å². The third-order valence-corrected chi connectivity index (χ3v) is 8.30. The molecule has 2 aliphatic heterocycles. The van der Waals surface area contributed by atoms with Crippen LogP contribution >= 0.6 is 11.8 Å². The lowest BCUT2D eigenvalue weighted by Crippen LogP contribution is -2.48. The Labute approximate surface area is 182 Å². The van der Waals surface area contributed by atoms with Crippen LogP contribution in [-0.4, -0.2) is 56.2 Å². The van der Waals surface area contributed by atoms with E-state index >= 15 is 0 Å². The van der Waals surface area contributed by atoms with Gasteiger partial charge in [-0.2, -0.15) is 4.31 Å². The summed E-state index contributed by atoms with van der Waals surface area (Å²) in [6.07, 6.45) is 0.612. The first-order valence-corrected chi connectivity index (χ1v) is 12.6. The van der Waals surface area contributed by atoms with Crippen molar-refractivity contribution in [2.75, 3.05) is 30.3 Å². The molecule has 1 fully saturated rings. The SMILES string of the molecule is C[C@@H]1CN(S(=O)(=O)c2ccc(C(=O)N3CCCSc4ccccc43)cc2)C[C@H](C)O1. The van der Waals surface area contributed by atoms with E-state index in [0.29, 0.717) is 25.2 Å². The second-order valence-corrected chi connectivity index (χ2v) is 10.8. The molecule has 1 saturated heterocycles. The average molecular weight is 447 g/mol. The molecule has 6 nitrogen and oxygen atoms in total. The highest BCUT2D eigenvalue weighted by Crippen LogP contribution is 2.34. The van der Waals surface area contributed by atoms with Gasteiger partial charge >= 0.3 is 0 Å². The maximum atomic E-state index is 13.2. The van der Waals surface area contributed by atoms with Gasteiger partial charge in [-0.1, -0.05) is 12.1 Å². The van der Waals surface area contributed by atoms with Crippen molar-refractivity contribution in [2.24, 2.45) is 0 Å². The number of benzene rings is 2. The van der Waals surface area contributed by atoms with Gasteiger partial charge in [0, 0.05) is 30.1 Å².